The predicted octanol–water partition coefficient (Wildman–Crippen LogP) is 3.41. The molecular weight excluding hydrogens is 252 g/mol. The SMILES string of the molecule is COC(=O)/C(=C/c1ccccc1OC)c1ccccc1. The van der Waals surface area contributed by atoms with E-state index in [4.69, 9.17) is 9.47 Å². The van der Waals surface area contributed by atoms with Gasteiger partial charge >= 0.3 is 5.97 Å². The van der Waals surface area contributed by atoms with Crippen LogP contribution in [0, 0.1) is 0 Å². The van der Waals surface area contributed by atoms with Crippen LogP contribution in [0.4, 0.5) is 0 Å². The summed E-state index contributed by atoms with van der Waals surface area (Å²) in [5.41, 5.74) is 2.14. The fraction of sp³-hybridized carbons (Fsp3) is 0.118. The summed E-state index contributed by atoms with van der Waals surface area (Å²) in [6.45, 7) is 0. The Labute approximate surface area is 118 Å². The average molecular weight is 268 g/mol. The highest BCUT2D eigenvalue weighted by Gasteiger charge is 2.13. The van der Waals surface area contributed by atoms with Gasteiger partial charge in [-0.1, -0.05) is 48.5 Å². The van der Waals surface area contributed by atoms with Crippen molar-refractivity contribution >= 4 is 17.6 Å². The summed E-state index contributed by atoms with van der Waals surface area (Å²) in [4.78, 5) is 12.0. The van der Waals surface area contributed by atoms with E-state index in [-0.39, 0.29) is 5.97 Å². The van der Waals surface area contributed by atoms with Crippen molar-refractivity contribution in [2.24, 2.45) is 0 Å². The first-order valence-corrected chi connectivity index (χ1v) is 6.24. The summed E-state index contributed by atoms with van der Waals surface area (Å²) in [7, 11) is 2.98. The van der Waals surface area contributed by atoms with Crippen LogP contribution in [0.15, 0.2) is 54.6 Å². The van der Waals surface area contributed by atoms with E-state index in [9.17, 15) is 4.79 Å². The zero-order valence-electron chi connectivity index (χ0n) is 11.5. The van der Waals surface area contributed by atoms with Gasteiger partial charge in [0.05, 0.1) is 19.8 Å². The van der Waals surface area contributed by atoms with Crippen molar-refractivity contribution in [2.45, 2.75) is 0 Å². The standard InChI is InChI=1S/C17H16O3/c1-19-16-11-7-6-10-14(16)12-15(17(18)20-2)13-8-4-3-5-9-13/h3-12H,1-2H3/b15-12+. The summed E-state index contributed by atoms with van der Waals surface area (Å²) < 4.78 is 10.2. The zero-order chi connectivity index (χ0) is 14.4. The smallest absolute Gasteiger partial charge is 0.338 e. The fourth-order valence-electron chi connectivity index (χ4n) is 1.93. The van der Waals surface area contributed by atoms with Crippen LogP contribution in [0.1, 0.15) is 11.1 Å². The molecule has 0 N–H and O–H groups in total. The van der Waals surface area contributed by atoms with Gasteiger partial charge < -0.3 is 9.47 Å². The van der Waals surface area contributed by atoms with Gasteiger partial charge in [0.25, 0.3) is 0 Å². The summed E-state index contributed by atoms with van der Waals surface area (Å²) in [5, 5.41) is 0. The molecular formula is C17H16O3. The lowest BCUT2D eigenvalue weighted by Gasteiger charge is -2.08. The molecule has 0 aromatic heterocycles. The minimum absolute atomic E-state index is 0.373. The molecule has 0 aliphatic carbocycles. The highest BCUT2D eigenvalue weighted by atomic mass is 16.5. The van der Waals surface area contributed by atoms with Crippen LogP contribution in [0.3, 0.4) is 0 Å². The number of benzene rings is 2. The molecule has 3 heteroatoms. The molecule has 2 rings (SSSR count). The Morgan fingerprint density at radius 1 is 0.950 bits per heavy atom. The molecule has 0 amide bonds. The van der Waals surface area contributed by atoms with Gasteiger partial charge in [-0.2, -0.15) is 0 Å². The number of hydrogen-bond acceptors (Lipinski definition) is 3. The summed E-state index contributed by atoms with van der Waals surface area (Å²) in [6, 6.07) is 16.9. The first-order chi connectivity index (χ1) is 9.76. The monoisotopic (exact) mass is 268 g/mol. The molecule has 3 nitrogen and oxygen atoms in total. The van der Waals surface area contributed by atoms with E-state index >= 15 is 0 Å². The summed E-state index contributed by atoms with van der Waals surface area (Å²) in [6.07, 6.45) is 1.78. The van der Waals surface area contributed by atoms with E-state index in [0.717, 1.165) is 11.1 Å². The molecule has 2 aromatic carbocycles. The molecule has 0 saturated carbocycles. The minimum atomic E-state index is -0.373. The Morgan fingerprint density at radius 2 is 1.60 bits per heavy atom. The molecule has 2 aromatic rings. The van der Waals surface area contributed by atoms with Crippen LogP contribution in [-0.4, -0.2) is 20.2 Å². The van der Waals surface area contributed by atoms with Gasteiger partial charge in [-0.3, -0.25) is 0 Å². The van der Waals surface area contributed by atoms with Crippen LogP contribution in [-0.2, 0) is 9.53 Å². The van der Waals surface area contributed by atoms with Gasteiger partial charge in [-0.25, -0.2) is 4.79 Å². The Balaban J connectivity index is 2.52. The van der Waals surface area contributed by atoms with Crippen LogP contribution >= 0.6 is 0 Å². The largest absolute Gasteiger partial charge is 0.496 e. The summed E-state index contributed by atoms with van der Waals surface area (Å²) in [5.74, 6) is 0.340. The lowest BCUT2D eigenvalue weighted by Crippen LogP contribution is -2.04. The van der Waals surface area contributed by atoms with Crippen LogP contribution in [0.5, 0.6) is 5.75 Å². The molecule has 102 valence electrons. The van der Waals surface area contributed by atoms with E-state index in [0.29, 0.717) is 11.3 Å². The molecule has 0 saturated heterocycles. The van der Waals surface area contributed by atoms with E-state index in [1.54, 1.807) is 13.2 Å². The minimum Gasteiger partial charge on any atom is -0.496 e. The highest BCUT2D eigenvalue weighted by Crippen LogP contribution is 2.25. The van der Waals surface area contributed by atoms with Crippen molar-refractivity contribution < 1.29 is 14.3 Å². The molecule has 0 bridgehead atoms. The normalized spacial score (nSPS) is 11.0. The fourth-order valence-corrected chi connectivity index (χ4v) is 1.93. The van der Waals surface area contributed by atoms with Gasteiger partial charge in [-0.05, 0) is 17.7 Å². The van der Waals surface area contributed by atoms with Gasteiger partial charge in [-0.15, -0.1) is 0 Å². The van der Waals surface area contributed by atoms with Gasteiger partial charge in [0.15, 0.2) is 0 Å². The van der Waals surface area contributed by atoms with Crippen molar-refractivity contribution in [3.8, 4) is 5.75 Å². The molecule has 0 aliphatic heterocycles. The van der Waals surface area contributed by atoms with Crippen LogP contribution in [0.2, 0.25) is 0 Å². The van der Waals surface area contributed by atoms with Gasteiger partial charge in [0.2, 0.25) is 0 Å². The molecule has 20 heavy (non-hydrogen) atoms. The first-order valence-electron chi connectivity index (χ1n) is 6.24. The number of rotatable bonds is 4. The highest BCUT2D eigenvalue weighted by molar-refractivity contribution is 6.21. The lowest BCUT2D eigenvalue weighted by molar-refractivity contribution is -0.133. The second-order valence-electron chi connectivity index (χ2n) is 4.16. The van der Waals surface area contributed by atoms with Crippen molar-refractivity contribution in [1.29, 1.82) is 0 Å². The molecule has 0 heterocycles. The third kappa shape index (κ3) is 3.06. The molecule has 0 unspecified atom stereocenters. The number of carbonyl (C=O) groups excluding carboxylic acids is 1. The first kappa shape index (κ1) is 13.9. The molecule has 0 spiro atoms. The van der Waals surface area contributed by atoms with Crippen molar-refractivity contribution in [3.63, 3.8) is 0 Å². The number of ether oxygens (including phenoxy) is 2. The average Bonchev–Trinajstić information content (AvgIpc) is 2.53. The van der Waals surface area contributed by atoms with Crippen molar-refractivity contribution in [3.05, 3.63) is 65.7 Å². The molecule has 0 fully saturated rings. The van der Waals surface area contributed by atoms with E-state index in [1.807, 2.05) is 54.6 Å². The lowest BCUT2D eigenvalue weighted by atomic mass is 10.0. The maximum atomic E-state index is 12.0. The second kappa shape index (κ2) is 6.57. The second-order valence-corrected chi connectivity index (χ2v) is 4.16. The number of hydrogen-bond donors (Lipinski definition) is 0. The third-order valence-electron chi connectivity index (χ3n) is 2.93. The summed E-state index contributed by atoms with van der Waals surface area (Å²) >= 11 is 0. The maximum absolute atomic E-state index is 12.0. The topological polar surface area (TPSA) is 35.5 Å². The predicted molar refractivity (Wildman–Crippen MR) is 79.3 cm³/mol. The van der Waals surface area contributed by atoms with Crippen LogP contribution in [0.25, 0.3) is 11.6 Å². The Bertz CT molecular complexity index is 615. The van der Waals surface area contributed by atoms with Crippen LogP contribution < -0.4 is 4.74 Å². The van der Waals surface area contributed by atoms with Crippen molar-refractivity contribution in [1.82, 2.24) is 0 Å². The number of carbonyl (C=O) groups is 1. The Hall–Kier alpha value is -2.55. The number of para-hydroxylation sites is 1. The molecule has 0 atom stereocenters. The molecule has 0 radical (unpaired) electrons. The Kier molecular flexibility index (Phi) is 4.56. The number of methoxy groups -OCH3 is 2. The van der Waals surface area contributed by atoms with Gasteiger partial charge in [0, 0.05) is 5.56 Å². The quantitative estimate of drug-likeness (QED) is 0.484. The number of esters is 1. The molecule has 0 aliphatic rings. The Morgan fingerprint density at radius 3 is 2.25 bits per heavy atom. The van der Waals surface area contributed by atoms with E-state index in [2.05, 4.69) is 0 Å². The third-order valence-corrected chi connectivity index (χ3v) is 2.93. The maximum Gasteiger partial charge on any atom is 0.338 e. The van der Waals surface area contributed by atoms with E-state index < -0.39 is 0 Å². The van der Waals surface area contributed by atoms with E-state index in [1.165, 1.54) is 7.11 Å². The van der Waals surface area contributed by atoms with Gasteiger partial charge in [0.1, 0.15) is 5.75 Å². The zero-order valence-corrected chi connectivity index (χ0v) is 11.5. The van der Waals surface area contributed by atoms with Crippen molar-refractivity contribution in [2.75, 3.05) is 14.2 Å².